The first-order valence-electron chi connectivity index (χ1n) is 8.87. The zero-order chi connectivity index (χ0) is 18.4. The quantitative estimate of drug-likeness (QED) is 0.689. The molecule has 0 aromatic carbocycles. The van der Waals surface area contributed by atoms with Crippen LogP contribution in [0.3, 0.4) is 0 Å². The molecule has 0 aliphatic carbocycles. The SMILES string of the molecule is CCn1c(SCC(=O)NCC(C)N2CCOCC2)nnc1-c1cccs1. The number of nitrogens with zero attached hydrogens (tertiary/aromatic N) is 4. The van der Waals surface area contributed by atoms with Crippen molar-refractivity contribution in [1.29, 1.82) is 0 Å². The largest absolute Gasteiger partial charge is 0.379 e. The van der Waals surface area contributed by atoms with Crippen LogP contribution in [0, 0.1) is 0 Å². The van der Waals surface area contributed by atoms with E-state index in [0.717, 1.165) is 48.7 Å². The number of ether oxygens (including phenoxy) is 1. The van der Waals surface area contributed by atoms with Crippen LogP contribution in [0.25, 0.3) is 10.7 Å². The Morgan fingerprint density at radius 3 is 2.92 bits per heavy atom. The van der Waals surface area contributed by atoms with Crippen LogP contribution in [0.5, 0.6) is 0 Å². The Morgan fingerprint density at radius 1 is 1.42 bits per heavy atom. The molecule has 0 bridgehead atoms. The van der Waals surface area contributed by atoms with Gasteiger partial charge in [0.2, 0.25) is 5.91 Å². The fraction of sp³-hybridized carbons (Fsp3) is 0.588. The third kappa shape index (κ3) is 4.85. The molecule has 1 fully saturated rings. The number of amides is 1. The van der Waals surface area contributed by atoms with Gasteiger partial charge in [0.1, 0.15) is 0 Å². The van der Waals surface area contributed by atoms with Crippen molar-refractivity contribution in [3.63, 3.8) is 0 Å². The number of aromatic nitrogens is 3. The summed E-state index contributed by atoms with van der Waals surface area (Å²) in [6, 6.07) is 4.36. The second-order valence-corrected chi connectivity index (χ2v) is 8.01. The van der Waals surface area contributed by atoms with Crippen molar-refractivity contribution in [2.75, 3.05) is 38.6 Å². The van der Waals surface area contributed by atoms with Crippen molar-refractivity contribution in [2.24, 2.45) is 0 Å². The molecule has 2 aromatic rings. The van der Waals surface area contributed by atoms with E-state index in [4.69, 9.17) is 4.74 Å². The lowest BCUT2D eigenvalue weighted by Crippen LogP contribution is -2.47. The number of hydrogen-bond donors (Lipinski definition) is 1. The predicted molar refractivity (Wildman–Crippen MR) is 105 cm³/mol. The van der Waals surface area contributed by atoms with Crippen LogP contribution in [0.1, 0.15) is 13.8 Å². The van der Waals surface area contributed by atoms with Crippen molar-refractivity contribution in [3.8, 4) is 10.7 Å². The van der Waals surface area contributed by atoms with E-state index in [9.17, 15) is 4.79 Å². The molecule has 1 saturated heterocycles. The monoisotopic (exact) mass is 395 g/mol. The molecule has 1 aliphatic heterocycles. The maximum Gasteiger partial charge on any atom is 0.230 e. The average molecular weight is 396 g/mol. The minimum Gasteiger partial charge on any atom is -0.379 e. The highest BCUT2D eigenvalue weighted by atomic mass is 32.2. The molecule has 0 spiro atoms. The zero-order valence-corrected chi connectivity index (χ0v) is 16.8. The Labute approximate surface area is 162 Å². The Bertz CT molecular complexity index is 698. The van der Waals surface area contributed by atoms with Crippen molar-refractivity contribution in [3.05, 3.63) is 17.5 Å². The second kappa shape index (κ2) is 9.50. The molecule has 1 aliphatic rings. The molecule has 9 heteroatoms. The van der Waals surface area contributed by atoms with Crippen LogP contribution < -0.4 is 5.32 Å². The smallest absolute Gasteiger partial charge is 0.230 e. The first-order chi connectivity index (χ1) is 12.7. The Balaban J connectivity index is 1.48. The molecule has 3 rings (SSSR count). The van der Waals surface area contributed by atoms with Gasteiger partial charge in [-0.1, -0.05) is 17.8 Å². The normalized spacial score (nSPS) is 16.5. The number of morpholine rings is 1. The Kier molecular flexibility index (Phi) is 7.07. The molecule has 26 heavy (non-hydrogen) atoms. The van der Waals surface area contributed by atoms with Gasteiger partial charge in [0.05, 0.1) is 23.8 Å². The van der Waals surface area contributed by atoms with Gasteiger partial charge in [0.15, 0.2) is 11.0 Å². The van der Waals surface area contributed by atoms with Crippen LogP contribution in [-0.4, -0.2) is 70.2 Å². The highest BCUT2D eigenvalue weighted by Gasteiger charge is 2.18. The first-order valence-corrected chi connectivity index (χ1v) is 10.7. The van der Waals surface area contributed by atoms with Crippen LogP contribution >= 0.6 is 23.1 Å². The molecule has 1 unspecified atom stereocenters. The summed E-state index contributed by atoms with van der Waals surface area (Å²) in [5.74, 6) is 1.24. The summed E-state index contributed by atoms with van der Waals surface area (Å²) < 4.78 is 7.42. The van der Waals surface area contributed by atoms with E-state index in [-0.39, 0.29) is 5.91 Å². The summed E-state index contributed by atoms with van der Waals surface area (Å²) in [6.07, 6.45) is 0. The lowest BCUT2D eigenvalue weighted by molar-refractivity contribution is -0.118. The summed E-state index contributed by atoms with van der Waals surface area (Å²) in [6.45, 7) is 9.03. The van der Waals surface area contributed by atoms with Gasteiger partial charge in [0.25, 0.3) is 0 Å². The molecule has 3 heterocycles. The van der Waals surface area contributed by atoms with Crippen molar-refractivity contribution in [2.45, 2.75) is 31.6 Å². The standard InChI is InChI=1S/C17H25N5O2S2/c1-3-22-16(14-5-4-10-25-14)19-20-17(22)26-12-15(23)18-11-13(2)21-6-8-24-9-7-21/h4-5,10,13H,3,6-9,11-12H2,1-2H3,(H,18,23). The van der Waals surface area contributed by atoms with E-state index < -0.39 is 0 Å². The molecule has 1 N–H and O–H groups in total. The summed E-state index contributed by atoms with van der Waals surface area (Å²) >= 11 is 3.08. The maximum absolute atomic E-state index is 12.2. The van der Waals surface area contributed by atoms with Crippen molar-refractivity contribution >= 4 is 29.0 Å². The number of carbonyl (C=O) groups is 1. The minimum absolute atomic E-state index is 0.0263. The van der Waals surface area contributed by atoms with Crippen LogP contribution in [0.2, 0.25) is 0 Å². The summed E-state index contributed by atoms with van der Waals surface area (Å²) in [5, 5.41) is 14.4. The number of thioether (sulfide) groups is 1. The van der Waals surface area contributed by atoms with Gasteiger partial charge in [-0.25, -0.2) is 0 Å². The van der Waals surface area contributed by atoms with E-state index in [0.29, 0.717) is 18.3 Å². The number of carbonyl (C=O) groups excluding carboxylic acids is 1. The molecule has 1 atom stereocenters. The Morgan fingerprint density at radius 2 is 2.23 bits per heavy atom. The summed E-state index contributed by atoms with van der Waals surface area (Å²) in [7, 11) is 0. The molecule has 2 aromatic heterocycles. The summed E-state index contributed by atoms with van der Waals surface area (Å²) in [4.78, 5) is 15.6. The van der Waals surface area contributed by atoms with E-state index >= 15 is 0 Å². The first kappa shape index (κ1) is 19.3. The van der Waals surface area contributed by atoms with Gasteiger partial charge in [-0.3, -0.25) is 9.69 Å². The molecular weight excluding hydrogens is 370 g/mol. The van der Waals surface area contributed by atoms with Crippen molar-refractivity contribution < 1.29 is 9.53 Å². The van der Waals surface area contributed by atoms with Gasteiger partial charge >= 0.3 is 0 Å². The topological polar surface area (TPSA) is 72.3 Å². The lowest BCUT2D eigenvalue weighted by Gasteiger charge is -2.32. The highest BCUT2D eigenvalue weighted by Crippen LogP contribution is 2.26. The van der Waals surface area contributed by atoms with Gasteiger partial charge in [-0.2, -0.15) is 0 Å². The average Bonchev–Trinajstić information content (AvgIpc) is 3.34. The molecule has 7 nitrogen and oxygen atoms in total. The summed E-state index contributed by atoms with van der Waals surface area (Å²) in [5.41, 5.74) is 0. The Hall–Kier alpha value is -1.42. The fourth-order valence-corrected chi connectivity index (χ4v) is 4.41. The highest BCUT2D eigenvalue weighted by molar-refractivity contribution is 7.99. The van der Waals surface area contributed by atoms with Gasteiger partial charge in [-0.15, -0.1) is 21.5 Å². The van der Waals surface area contributed by atoms with E-state index in [1.54, 1.807) is 11.3 Å². The third-order valence-corrected chi connectivity index (χ3v) is 6.20. The van der Waals surface area contributed by atoms with Gasteiger partial charge < -0.3 is 14.6 Å². The van der Waals surface area contributed by atoms with E-state index in [1.807, 2.05) is 17.5 Å². The third-order valence-electron chi connectivity index (χ3n) is 4.37. The second-order valence-electron chi connectivity index (χ2n) is 6.12. The van der Waals surface area contributed by atoms with E-state index in [2.05, 4.69) is 38.8 Å². The zero-order valence-electron chi connectivity index (χ0n) is 15.2. The predicted octanol–water partition coefficient (Wildman–Crippen LogP) is 1.96. The van der Waals surface area contributed by atoms with Gasteiger partial charge in [0, 0.05) is 32.2 Å². The fourth-order valence-electron chi connectivity index (χ4n) is 2.86. The maximum atomic E-state index is 12.2. The van der Waals surface area contributed by atoms with Crippen LogP contribution in [0.15, 0.2) is 22.7 Å². The molecule has 0 radical (unpaired) electrons. The van der Waals surface area contributed by atoms with Crippen molar-refractivity contribution in [1.82, 2.24) is 25.0 Å². The number of thiophene rings is 1. The number of nitrogens with one attached hydrogen (secondary N) is 1. The minimum atomic E-state index is 0.0263. The van der Waals surface area contributed by atoms with Gasteiger partial charge in [-0.05, 0) is 25.3 Å². The van der Waals surface area contributed by atoms with Crippen LogP contribution in [0.4, 0.5) is 0 Å². The van der Waals surface area contributed by atoms with E-state index in [1.165, 1.54) is 11.8 Å². The number of hydrogen-bond acceptors (Lipinski definition) is 7. The lowest BCUT2D eigenvalue weighted by atomic mass is 10.2. The molecule has 1 amide bonds. The molecule has 0 saturated carbocycles. The van der Waals surface area contributed by atoms with Crippen LogP contribution in [-0.2, 0) is 16.1 Å². The molecular formula is C17H25N5O2S2. The number of rotatable bonds is 8. The molecule has 142 valence electrons.